The van der Waals surface area contributed by atoms with E-state index in [1.807, 2.05) is 25.1 Å². The van der Waals surface area contributed by atoms with Crippen LogP contribution in [-0.4, -0.2) is 68.0 Å². The molecule has 0 radical (unpaired) electrons. The van der Waals surface area contributed by atoms with Gasteiger partial charge in [0.1, 0.15) is 23.9 Å². The van der Waals surface area contributed by atoms with Gasteiger partial charge in [0.25, 0.3) is 14.1 Å². The number of nitrogens with one attached hydrogen (secondary N) is 2. The van der Waals surface area contributed by atoms with Gasteiger partial charge in [0.15, 0.2) is 25.6 Å². The summed E-state index contributed by atoms with van der Waals surface area (Å²) in [5.41, 5.74) is 0.141. The minimum atomic E-state index is -1.34. The van der Waals surface area contributed by atoms with Gasteiger partial charge in [0.05, 0.1) is 12.9 Å². The average Bonchev–Trinajstić information content (AvgIpc) is 3.76. The van der Waals surface area contributed by atoms with Crippen LogP contribution in [0.4, 0.5) is 10.3 Å². The Hall–Kier alpha value is -2.47. The molecule has 2 N–H and O–H groups in total. The van der Waals surface area contributed by atoms with Crippen LogP contribution < -0.4 is 10.9 Å². The van der Waals surface area contributed by atoms with Crippen molar-refractivity contribution in [3.05, 3.63) is 52.6 Å². The number of hydrogen-bond donors (Lipinski definition) is 2. The first-order valence-electron chi connectivity index (χ1n) is 13.0. The number of aromatic nitrogens is 4. The third kappa shape index (κ3) is 3.65. The number of hydrogen-bond acceptors (Lipinski definition) is 9. The smallest absolute Gasteiger partial charge is 0.280 e. The largest absolute Gasteiger partial charge is 0.368 e. The van der Waals surface area contributed by atoms with Crippen LogP contribution in [0, 0.1) is 0 Å². The first-order chi connectivity index (χ1) is 18.5. The molecule has 4 aliphatic rings. The summed E-state index contributed by atoms with van der Waals surface area (Å²) in [5.74, 6) is -0.219. The highest BCUT2D eigenvalue weighted by Gasteiger charge is 2.64. The molecule has 13 heteroatoms. The minimum absolute atomic E-state index is 0.0469. The minimum Gasteiger partial charge on any atom is -0.368 e. The van der Waals surface area contributed by atoms with Crippen molar-refractivity contribution in [1.82, 2.24) is 24.2 Å². The van der Waals surface area contributed by atoms with E-state index in [1.54, 1.807) is 4.57 Å². The predicted molar refractivity (Wildman–Crippen MR) is 132 cm³/mol. The molecule has 4 saturated heterocycles. The first-order valence-corrected chi connectivity index (χ1v) is 13.7. The molecule has 0 aliphatic carbocycles. The predicted octanol–water partition coefficient (Wildman–Crippen LogP) is 3.38. The van der Waals surface area contributed by atoms with Gasteiger partial charge in [-0.15, -0.1) is 0 Å². The van der Waals surface area contributed by atoms with Gasteiger partial charge < -0.3 is 23.8 Å². The molecule has 0 spiro atoms. The summed E-state index contributed by atoms with van der Waals surface area (Å²) in [6.07, 6.45) is 2.65. The maximum absolute atomic E-state index is 13.1. The van der Waals surface area contributed by atoms with Crippen molar-refractivity contribution in [2.24, 2.45) is 0 Å². The quantitative estimate of drug-likeness (QED) is 0.350. The van der Waals surface area contributed by atoms with Gasteiger partial charge in [0.2, 0.25) is 5.95 Å². The van der Waals surface area contributed by atoms with Crippen molar-refractivity contribution >= 4 is 25.6 Å². The molecule has 4 aliphatic heterocycles. The van der Waals surface area contributed by atoms with Crippen molar-refractivity contribution in [3.8, 4) is 0 Å². The number of ether oxygens (including phenoxy) is 2. The lowest BCUT2D eigenvalue weighted by Gasteiger charge is -2.31. The number of rotatable bonds is 7. The normalized spacial score (nSPS) is 35.4. The van der Waals surface area contributed by atoms with Crippen LogP contribution >= 0.6 is 8.53 Å². The Kier molecular flexibility index (Phi) is 5.52. The van der Waals surface area contributed by atoms with E-state index in [0.717, 1.165) is 24.9 Å². The molecule has 11 nitrogen and oxygen atoms in total. The zero-order chi connectivity index (χ0) is 26.0. The number of halogens is 1. The van der Waals surface area contributed by atoms with Crippen LogP contribution in [0.2, 0.25) is 1.41 Å². The van der Waals surface area contributed by atoms with E-state index in [9.17, 15) is 9.18 Å². The van der Waals surface area contributed by atoms with Gasteiger partial charge >= 0.3 is 0 Å². The summed E-state index contributed by atoms with van der Waals surface area (Å²) in [5, 5.41) is 0.464. The Labute approximate surface area is 214 Å². The van der Waals surface area contributed by atoms with Crippen LogP contribution in [0.25, 0.3) is 11.2 Å². The van der Waals surface area contributed by atoms with Crippen LogP contribution in [0.15, 0.2) is 41.5 Å². The fraction of sp³-hybridized carbons (Fsp3) is 0.542. The number of H-pyrrole nitrogens is 1. The molecule has 1 unspecified atom stereocenters. The molecule has 2 bridgehead atoms. The summed E-state index contributed by atoms with van der Waals surface area (Å²) in [6.45, 7) is 2.19. The van der Waals surface area contributed by atoms with Gasteiger partial charge in [-0.25, -0.2) is 14.0 Å². The van der Waals surface area contributed by atoms with Crippen molar-refractivity contribution in [2.75, 3.05) is 25.3 Å². The fourth-order valence-corrected chi connectivity index (χ4v) is 8.00. The van der Waals surface area contributed by atoms with E-state index in [1.165, 1.54) is 6.33 Å². The van der Waals surface area contributed by atoms with Gasteiger partial charge in [-0.1, -0.05) is 37.3 Å². The summed E-state index contributed by atoms with van der Waals surface area (Å²) >= 11 is 0. The molecule has 6 heterocycles. The molecule has 1 aromatic carbocycles. The molecule has 7 rings (SSSR count). The monoisotopic (exact) mass is 531 g/mol. The first kappa shape index (κ1) is 22.5. The van der Waals surface area contributed by atoms with Crippen LogP contribution in [0.1, 0.15) is 44.1 Å². The second-order valence-corrected chi connectivity index (χ2v) is 11.2. The van der Waals surface area contributed by atoms with Crippen molar-refractivity contribution in [3.63, 3.8) is 0 Å². The summed E-state index contributed by atoms with van der Waals surface area (Å²) in [6, 6.07) is 10.5. The second-order valence-electron chi connectivity index (χ2n) is 9.77. The number of anilines is 1. The summed E-state index contributed by atoms with van der Waals surface area (Å²) in [4.78, 5) is 23.5. The highest BCUT2D eigenvalue weighted by atomic mass is 31.2. The Morgan fingerprint density at radius 1 is 1.41 bits per heavy atom. The Balaban J connectivity index is 1.19. The zero-order valence-electron chi connectivity index (χ0n) is 21.2. The number of alkyl halides is 1. The van der Waals surface area contributed by atoms with Gasteiger partial charge in [-0.3, -0.25) is 14.3 Å². The van der Waals surface area contributed by atoms with Crippen molar-refractivity contribution < 1.29 is 24.3 Å². The fourth-order valence-electron chi connectivity index (χ4n) is 5.96. The van der Waals surface area contributed by atoms with Gasteiger partial charge in [0, 0.05) is 12.6 Å². The van der Waals surface area contributed by atoms with E-state index in [2.05, 4.69) is 31.8 Å². The molecule has 7 atom stereocenters. The Morgan fingerprint density at radius 2 is 2.27 bits per heavy atom. The number of nitrogens with zero attached hydrogens (tertiary/aromatic N) is 4. The standard InChI is InChI=1S/C24H28FN6O5P/c1-2-24-11-33-18(22(34-24)30-13-27-16-20(30)28-23(26-12-25)29-21(16)32)19(24)36-37-31-10-6-9-15(31)17(35-37)14-7-4-3-5-8-14/h3-5,7-8,13,15,17-19,22H,2,6,9-12H2,1H3,(H2,26,28,29,32)/t15-,17+,18?,19+,22+,24-,37+/m0/s1/i/hD. The van der Waals surface area contributed by atoms with E-state index in [-0.39, 0.29) is 29.3 Å². The lowest BCUT2D eigenvalue weighted by molar-refractivity contribution is -0.172. The molecular weight excluding hydrogens is 502 g/mol. The van der Waals surface area contributed by atoms with E-state index < -0.39 is 44.9 Å². The van der Waals surface area contributed by atoms with Gasteiger partial charge in [-0.05, 0) is 24.8 Å². The third-order valence-electron chi connectivity index (χ3n) is 7.84. The molecule has 0 amide bonds. The molecular formula is C24H28FN6O5P. The highest BCUT2D eigenvalue weighted by molar-refractivity contribution is 7.45. The van der Waals surface area contributed by atoms with Crippen molar-refractivity contribution in [2.45, 2.75) is 62.4 Å². The van der Waals surface area contributed by atoms with Crippen LogP contribution in [-0.2, 0) is 18.5 Å². The third-order valence-corrected chi connectivity index (χ3v) is 9.57. The number of aromatic amines is 1. The molecule has 2 aromatic heterocycles. The Bertz CT molecular complexity index is 1400. The van der Waals surface area contributed by atoms with Crippen LogP contribution in [0.5, 0.6) is 0 Å². The van der Waals surface area contributed by atoms with Gasteiger partial charge in [-0.2, -0.15) is 4.98 Å². The summed E-state index contributed by atoms with van der Waals surface area (Å²) < 4.78 is 50.9. The molecule has 196 valence electrons. The highest BCUT2D eigenvalue weighted by Crippen LogP contribution is 2.63. The number of fused-ring (bicyclic) bond motifs is 4. The summed E-state index contributed by atoms with van der Waals surface area (Å²) in [7, 11) is -1.34. The van der Waals surface area contributed by atoms with E-state index in [4.69, 9.17) is 19.9 Å². The van der Waals surface area contributed by atoms with E-state index >= 15 is 0 Å². The maximum Gasteiger partial charge on any atom is 0.280 e. The molecule has 37 heavy (non-hydrogen) atoms. The maximum atomic E-state index is 13.1. The SMILES string of the molecule is [2H]N(CF)c1nc2c(ncn2[C@@H]2O[C@@]3(CC)COC2[C@H]3O[P@@]2O[C@H](c3ccccc3)[C@@H]3CCCN32)c(=O)[nH]1. The molecule has 4 fully saturated rings. The lowest BCUT2D eigenvalue weighted by Crippen LogP contribution is -2.41. The average molecular weight is 532 g/mol. The second kappa shape index (κ2) is 9.07. The van der Waals surface area contributed by atoms with E-state index in [0.29, 0.717) is 18.3 Å². The zero-order valence-corrected chi connectivity index (χ0v) is 21.1. The number of imidazole rings is 1. The topological polar surface area (TPSA) is 116 Å². The molecule has 3 aromatic rings. The van der Waals surface area contributed by atoms with Crippen molar-refractivity contribution in [1.29, 1.82) is 0 Å². The Morgan fingerprint density at radius 3 is 3.08 bits per heavy atom. The lowest BCUT2D eigenvalue weighted by atomic mass is 9.96. The number of benzene rings is 1. The van der Waals surface area contributed by atoms with Crippen LogP contribution in [0.3, 0.4) is 0 Å². The molecule has 0 saturated carbocycles.